The largest absolute Gasteiger partial charge is 0.277 e. The maximum absolute atomic E-state index is 12.8. The number of halogens is 2. The van der Waals surface area contributed by atoms with Gasteiger partial charge >= 0.3 is 0 Å². The Morgan fingerprint density at radius 1 is 0.870 bits per heavy atom. The molecule has 2 aromatic rings. The first-order chi connectivity index (χ1) is 10.9. The average Bonchev–Trinajstić information content (AvgIpc) is 2.72. The van der Waals surface area contributed by atoms with Crippen LogP contribution in [0.2, 0.25) is 5.02 Å². The fourth-order valence-electron chi connectivity index (χ4n) is 2.64. The maximum atomic E-state index is 12.8. The number of rotatable bonds is 2. The summed E-state index contributed by atoms with van der Waals surface area (Å²) in [5.41, 5.74) is 3.22. The van der Waals surface area contributed by atoms with Gasteiger partial charge in [-0.3, -0.25) is 9.59 Å². The van der Waals surface area contributed by atoms with E-state index in [4.69, 9.17) is 23.2 Å². The van der Waals surface area contributed by atoms with E-state index >= 15 is 0 Å². The van der Waals surface area contributed by atoms with Crippen molar-refractivity contribution in [3.05, 3.63) is 69.2 Å². The highest BCUT2D eigenvalue weighted by atomic mass is 35.5. The lowest BCUT2D eigenvalue weighted by molar-refractivity contribution is -0.119. The van der Waals surface area contributed by atoms with Gasteiger partial charge in [-0.2, -0.15) is 0 Å². The standard InChI is InChI=1S/C18H13Cl2NO2/c1-10-3-8-14(11(2)9-10)21-17(22)15(16(20)18(21)23)12-4-6-13(19)7-5-12/h3-9H,1-2H3. The maximum Gasteiger partial charge on any atom is 0.277 e. The third kappa shape index (κ3) is 2.67. The monoisotopic (exact) mass is 345 g/mol. The number of hydrogen-bond acceptors (Lipinski definition) is 2. The molecule has 23 heavy (non-hydrogen) atoms. The van der Waals surface area contributed by atoms with Crippen LogP contribution in [-0.2, 0) is 9.59 Å². The average molecular weight is 346 g/mol. The zero-order valence-corrected chi connectivity index (χ0v) is 14.1. The molecule has 1 aliphatic rings. The number of hydrogen-bond donors (Lipinski definition) is 0. The molecule has 2 aromatic carbocycles. The lowest BCUT2D eigenvalue weighted by atomic mass is 10.1. The summed E-state index contributed by atoms with van der Waals surface area (Å²) in [7, 11) is 0. The third-order valence-corrected chi connectivity index (χ3v) is 4.36. The van der Waals surface area contributed by atoms with E-state index in [1.807, 2.05) is 26.0 Å². The molecule has 0 fully saturated rings. The Kier molecular flexibility index (Phi) is 4.00. The second-order valence-electron chi connectivity index (χ2n) is 5.43. The summed E-state index contributed by atoms with van der Waals surface area (Å²) in [5.74, 6) is -0.928. The van der Waals surface area contributed by atoms with Gasteiger partial charge in [0.2, 0.25) is 0 Å². The Morgan fingerprint density at radius 2 is 1.52 bits per heavy atom. The van der Waals surface area contributed by atoms with E-state index in [9.17, 15) is 9.59 Å². The van der Waals surface area contributed by atoms with Gasteiger partial charge in [-0.15, -0.1) is 0 Å². The summed E-state index contributed by atoms with van der Waals surface area (Å²) < 4.78 is 0. The second kappa shape index (κ2) is 5.84. The van der Waals surface area contributed by atoms with Crippen molar-refractivity contribution in [1.29, 1.82) is 0 Å². The Bertz CT molecular complexity index is 854. The molecule has 116 valence electrons. The van der Waals surface area contributed by atoms with Crippen LogP contribution < -0.4 is 4.90 Å². The van der Waals surface area contributed by atoms with E-state index in [1.165, 1.54) is 0 Å². The van der Waals surface area contributed by atoms with E-state index < -0.39 is 11.8 Å². The van der Waals surface area contributed by atoms with Crippen molar-refractivity contribution < 1.29 is 9.59 Å². The van der Waals surface area contributed by atoms with Gasteiger partial charge in [0.25, 0.3) is 11.8 Å². The molecular weight excluding hydrogens is 333 g/mol. The molecular formula is C18H13Cl2NO2. The Labute approximate surface area is 144 Å². The second-order valence-corrected chi connectivity index (χ2v) is 6.25. The van der Waals surface area contributed by atoms with Crippen LogP contribution in [0.4, 0.5) is 5.69 Å². The zero-order valence-electron chi connectivity index (χ0n) is 12.6. The molecule has 1 heterocycles. The van der Waals surface area contributed by atoms with Crippen LogP contribution in [0.3, 0.4) is 0 Å². The molecule has 0 saturated carbocycles. The number of amides is 2. The Morgan fingerprint density at radius 3 is 2.13 bits per heavy atom. The summed E-state index contributed by atoms with van der Waals surface area (Å²) in [4.78, 5) is 26.4. The number of nitrogens with zero attached hydrogens (tertiary/aromatic N) is 1. The quantitative estimate of drug-likeness (QED) is 0.752. The first-order valence-corrected chi connectivity index (χ1v) is 7.77. The normalized spacial score (nSPS) is 14.9. The molecule has 0 atom stereocenters. The lowest BCUT2D eigenvalue weighted by Crippen LogP contribution is -2.31. The van der Waals surface area contributed by atoms with Gasteiger partial charge in [0.15, 0.2) is 0 Å². The molecule has 5 heteroatoms. The highest BCUT2D eigenvalue weighted by Crippen LogP contribution is 2.36. The zero-order chi connectivity index (χ0) is 16.7. The minimum atomic E-state index is -0.506. The smallest absolute Gasteiger partial charge is 0.268 e. The topological polar surface area (TPSA) is 37.4 Å². The summed E-state index contributed by atoms with van der Waals surface area (Å²) in [6.45, 7) is 3.81. The third-order valence-electron chi connectivity index (χ3n) is 3.75. The highest BCUT2D eigenvalue weighted by molar-refractivity contribution is 6.60. The molecule has 0 N–H and O–H groups in total. The van der Waals surface area contributed by atoms with E-state index in [0.29, 0.717) is 16.3 Å². The molecule has 0 radical (unpaired) electrons. The number of carbonyl (C=O) groups excluding carboxylic acids is 2. The van der Waals surface area contributed by atoms with Gasteiger partial charge in [-0.05, 0) is 43.2 Å². The number of anilines is 1. The highest BCUT2D eigenvalue weighted by Gasteiger charge is 2.39. The van der Waals surface area contributed by atoms with Crippen LogP contribution in [0.1, 0.15) is 16.7 Å². The van der Waals surface area contributed by atoms with E-state index in [2.05, 4.69) is 0 Å². The van der Waals surface area contributed by atoms with Crippen LogP contribution in [0.5, 0.6) is 0 Å². The van der Waals surface area contributed by atoms with Gasteiger partial charge in [0.05, 0.1) is 11.3 Å². The van der Waals surface area contributed by atoms with Crippen molar-refractivity contribution >= 4 is 46.3 Å². The summed E-state index contributed by atoms with van der Waals surface area (Å²) >= 11 is 12.0. The first-order valence-electron chi connectivity index (χ1n) is 7.02. The number of benzene rings is 2. The number of imide groups is 1. The van der Waals surface area contributed by atoms with Crippen LogP contribution in [0.25, 0.3) is 5.57 Å². The van der Waals surface area contributed by atoms with Gasteiger partial charge in [0.1, 0.15) is 5.03 Å². The van der Waals surface area contributed by atoms with Crippen molar-refractivity contribution in [2.75, 3.05) is 4.90 Å². The van der Waals surface area contributed by atoms with Gasteiger partial charge in [-0.1, -0.05) is 53.0 Å². The summed E-state index contributed by atoms with van der Waals surface area (Å²) in [6, 6.07) is 12.2. The van der Waals surface area contributed by atoms with Crippen molar-refractivity contribution in [2.24, 2.45) is 0 Å². The SMILES string of the molecule is Cc1ccc(N2C(=O)C(Cl)=C(c3ccc(Cl)cc3)C2=O)c(C)c1. The predicted octanol–water partition coefficient (Wildman–Crippen LogP) is 4.48. The minimum Gasteiger partial charge on any atom is -0.268 e. The molecule has 0 unspecified atom stereocenters. The van der Waals surface area contributed by atoms with Crippen molar-refractivity contribution in [3.8, 4) is 0 Å². The van der Waals surface area contributed by atoms with Crippen LogP contribution >= 0.6 is 23.2 Å². The number of aryl methyl sites for hydroxylation is 2. The fourth-order valence-corrected chi connectivity index (χ4v) is 3.05. The van der Waals surface area contributed by atoms with Crippen LogP contribution in [-0.4, -0.2) is 11.8 Å². The van der Waals surface area contributed by atoms with Gasteiger partial charge < -0.3 is 0 Å². The minimum absolute atomic E-state index is 0.0719. The van der Waals surface area contributed by atoms with Crippen molar-refractivity contribution in [1.82, 2.24) is 0 Å². The molecule has 0 aliphatic carbocycles. The Balaban J connectivity index is 2.07. The van der Waals surface area contributed by atoms with Crippen molar-refractivity contribution in [2.45, 2.75) is 13.8 Å². The van der Waals surface area contributed by atoms with E-state index in [0.717, 1.165) is 16.0 Å². The summed E-state index contributed by atoms with van der Waals surface area (Å²) in [6.07, 6.45) is 0. The van der Waals surface area contributed by atoms with Gasteiger partial charge in [0, 0.05) is 5.02 Å². The number of carbonyl (C=O) groups is 2. The van der Waals surface area contributed by atoms with Crippen LogP contribution in [0.15, 0.2) is 47.5 Å². The lowest BCUT2D eigenvalue weighted by Gasteiger charge is -2.17. The van der Waals surface area contributed by atoms with Gasteiger partial charge in [-0.25, -0.2) is 4.90 Å². The first kappa shape index (κ1) is 15.8. The molecule has 0 saturated heterocycles. The molecule has 0 bridgehead atoms. The summed E-state index contributed by atoms with van der Waals surface area (Å²) in [5, 5.41) is 0.478. The van der Waals surface area contributed by atoms with Crippen molar-refractivity contribution in [3.63, 3.8) is 0 Å². The molecule has 3 rings (SSSR count). The van der Waals surface area contributed by atoms with E-state index in [1.54, 1.807) is 30.3 Å². The molecule has 3 nitrogen and oxygen atoms in total. The van der Waals surface area contributed by atoms with E-state index in [-0.39, 0.29) is 10.6 Å². The molecule has 2 amide bonds. The molecule has 1 aliphatic heterocycles. The predicted molar refractivity (Wildman–Crippen MR) is 92.6 cm³/mol. The Hall–Kier alpha value is -2.10. The fraction of sp³-hybridized carbons (Fsp3) is 0.111. The molecule has 0 aromatic heterocycles. The molecule has 0 spiro atoms. The van der Waals surface area contributed by atoms with Crippen LogP contribution in [0, 0.1) is 13.8 Å².